The van der Waals surface area contributed by atoms with E-state index in [0.29, 0.717) is 32.4 Å². The van der Waals surface area contributed by atoms with E-state index in [0.717, 1.165) is 5.92 Å². The van der Waals surface area contributed by atoms with Crippen LogP contribution in [0, 0.1) is 5.92 Å². The molecule has 0 aromatic heterocycles. The normalized spacial score (nSPS) is 26.2. The summed E-state index contributed by atoms with van der Waals surface area (Å²) in [7, 11) is 1.65. The van der Waals surface area contributed by atoms with Gasteiger partial charge in [0.15, 0.2) is 0 Å². The minimum Gasteiger partial charge on any atom is -0.389 e. The zero-order chi connectivity index (χ0) is 13.2. The SMILES string of the molecule is CCC1CCC(NCC(O)COCCOC)CC1. The van der Waals surface area contributed by atoms with Crippen LogP contribution in [0.15, 0.2) is 0 Å². The van der Waals surface area contributed by atoms with Crippen LogP contribution in [0.2, 0.25) is 0 Å². The van der Waals surface area contributed by atoms with Crippen LogP contribution < -0.4 is 5.32 Å². The molecular formula is C14H29NO3. The van der Waals surface area contributed by atoms with Gasteiger partial charge >= 0.3 is 0 Å². The quantitative estimate of drug-likeness (QED) is 0.617. The van der Waals surface area contributed by atoms with Gasteiger partial charge in [-0.3, -0.25) is 0 Å². The molecule has 0 heterocycles. The Morgan fingerprint density at radius 2 is 1.94 bits per heavy atom. The van der Waals surface area contributed by atoms with Crippen LogP contribution >= 0.6 is 0 Å². The van der Waals surface area contributed by atoms with E-state index >= 15 is 0 Å². The molecule has 1 aliphatic carbocycles. The fraction of sp³-hybridized carbons (Fsp3) is 1.00. The maximum Gasteiger partial charge on any atom is 0.0897 e. The van der Waals surface area contributed by atoms with Gasteiger partial charge in [-0.15, -0.1) is 0 Å². The molecule has 1 aliphatic rings. The Bertz CT molecular complexity index is 193. The third-order valence-electron chi connectivity index (χ3n) is 3.81. The molecule has 18 heavy (non-hydrogen) atoms. The summed E-state index contributed by atoms with van der Waals surface area (Å²) in [6.45, 7) is 4.44. The Morgan fingerprint density at radius 1 is 1.22 bits per heavy atom. The van der Waals surface area contributed by atoms with Crippen LogP contribution in [-0.2, 0) is 9.47 Å². The van der Waals surface area contributed by atoms with Crippen molar-refractivity contribution in [2.24, 2.45) is 5.92 Å². The molecule has 0 radical (unpaired) electrons. The molecule has 4 nitrogen and oxygen atoms in total. The molecule has 1 rings (SSSR count). The smallest absolute Gasteiger partial charge is 0.0897 e. The molecule has 2 N–H and O–H groups in total. The Morgan fingerprint density at radius 3 is 2.56 bits per heavy atom. The summed E-state index contributed by atoms with van der Waals surface area (Å²) < 4.78 is 10.2. The first-order valence-electron chi connectivity index (χ1n) is 7.24. The van der Waals surface area contributed by atoms with Crippen LogP contribution in [0.4, 0.5) is 0 Å². The molecule has 0 amide bonds. The molecule has 0 aliphatic heterocycles. The first kappa shape index (κ1) is 15.9. The molecule has 108 valence electrons. The number of methoxy groups -OCH3 is 1. The van der Waals surface area contributed by atoms with Crippen molar-refractivity contribution in [1.82, 2.24) is 5.32 Å². The van der Waals surface area contributed by atoms with Gasteiger partial charge in [-0.25, -0.2) is 0 Å². The van der Waals surface area contributed by atoms with Crippen LogP contribution in [-0.4, -0.2) is 50.7 Å². The molecule has 1 saturated carbocycles. The number of aliphatic hydroxyl groups is 1. The highest BCUT2D eigenvalue weighted by molar-refractivity contribution is 4.77. The third kappa shape index (κ3) is 6.69. The lowest BCUT2D eigenvalue weighted by molar-refractivity contribution is 0.0123. The second kappa shape index (κ2) is 9.73. The predicted octanol–water partition coefficient (Wildman–Crippen LogP) is 1.57. The molecular weight excluding hydrogens is 230 g/mol. The lowest BCUT2D eigenvalue weighted by atomic mass is 9.84. The zero-order valence-corrected chi connectivity index (χ0v) is 11.9. The molecule has 1 unspecified atom stereocenters. The van der Waals surface area contributed by atoms with Crippen molar-refractivity contribution >= 4 is 0 Å². The lowest BCUT2D eigenvalue weighted by Gasteiger charge is -2.29. The van der Waals surface area contributed by atoms with Crippen molar-refractivity contribution < 1.29 is 14.6 Å². The van der Waals surface area contributed by atoms with E-state index in [9.17, 15) is 5.11 Å². The highest BCUT2D eigenvalue weighted by Crippen LogP contribution is 2.26. The van der Waals surface area contributed by atoms with E-state index < -0.39 is 6.10 Å². The molecule has 1 atom stereocenters. The molecule has 1 fully saturated rings. The van der Waals surface area contributed by atoms with Gasteiger partial charge < -0.3 is 19.9 Å². The maximum absolute atomic E-state index is 9.75. The molecule has 0 aromatic rings. The number of hydrogen-bond donors (Lipinski definition) is 2. The van der Waals surface area contributed by atoms with Crippen LogP contribution in [0.25, 0.3) is 0 Å². The predicted molar refractivity (Wildman–Crippen MR) is 72.7 cm³/mol. The fourth-order valence-electron chi connectivity index (χ4n) is 2.50. The van der Waals surface area contributed by atoms with Gasteiger partial charge in [0, 0.05) is 19.7 Å². The van der Waals surface area contributed by atoms with Crippen LogP contribution in [0.5, 0.6) is 0 Å². The van der Waals surface area contributed by atoms with Gasteiger partial charge in [-0.2, -0.15) is 0 Å². The second-order valence-corrected chi connectivity index (χ2v) is 5.26. The zero-order valence-electron chi connectivity index (χ0n) is 11.9. The summed E-state index contributed by atoms with van der Waals surface area (Å²) in [5.41, 5.74) is 0. The van der Waals surface area contributed by atoms with E-state index in [1.54, 1.807) is 7.11 Å². The lowest BCUT2D eigenvalue weighted by Crippen LogP contribution is -2.39. The molecule has 4 heteroatoms. The minimum absolute atomic E-state index is 0.390. The Hall–Kier alpha value is -0.160. The van der Waals surface area contributed by atoms with Crippen molar-refractivity contribution in [2.45, 2.75) is 51.2 Å². The van der Waals surface area contributed by atoms with Gasteiger partial charge in [-0.05, 0) is 31.6 Å². The minimum atomic E-state index is -0.411. The van der Waals surface area contributed by atoms with E-state index in [4.69, 9.17) is 9.47 Å². The van der Waals surface area contributed by atoms with Gasteiger partial charge in [0.25, 0.3) is 0 Å². The van der Waals surface area contributed by atoms with E-state index in [1.165, 1.54) is 32.1 Å². The monoisotopic (exact) mass is 259 g/mol. The third-order valence-corrected chi connectivity index (χ3v) is 3.81. The first-order chi connectivity index (χ1) is 8.76. The Kier molecular flexibility index (Phi) is 8.59. The number of rotatable bonds is 9. The van der Waals surface area contributed by atoms with Gasteiger partial charge in [0.2, 0.25) is 0 Å². The topological polar surface area (TPSA) is 50.7 Å². The van der Waals surface area contributed by atoms with Crippen molar-refractivity contribution in [2.75, 3.05) is 33.5 Å². The summed E-state index contributed by atoms with van der Waals surface area (Å²) in [6.07, 6.45) is 6.04. The second-order valence-electron chi connectivity index (χ2n) is 5.26. The summed E-state index contributed by atoms with van der Waals surface area (Å²) >= 11 is 0. The van der Waals surface area contributed by atoms with Gasteiger partial charge in [-0.1, -0.05) is 13.3 Å². The van der Waals surface area contributed by atoms with Crippen LogP contribution in [0.1, 0.15) is 39.0 Å². The molecule has 0 bridgehead atoms. The van der Waals surface area contributed by atoms with E-state index in [1.807, 2.05) is 0 Å². The van der Waals surface area contributed by atoms with Gasteiger partial charge in [0.05, 0.1) is 25.9 Å². The first-order valence-corrected chi connectivity index (χ1v) is 7.24. The Labute approximate surface area is 111 Å². The average Bonchev–Trinajstić information content (AvgIpc) is 2.42. The number of ether oxygens (including phenoxy) is 2. The standard InChI is InChI=1S/C14H29NO3/c1-3-12-4-6-13(7-5-12)15-10-14(16)11-18-9-8-17-2/h12-16H,3-11H2,1-2H3. The Balaban J connectivity index is 1.99. The van der Waals surface area contributed by atoms with Crippen molar-refractivity contribution in [3.05, 3.63) is 0 Å². The largest absolute Gasteiger partial charge is 0.389 e. The summed E-state index contributed by atoms with van der Waals surface area (Å²) in [4.78, 5) is 0. The van der Waals surface area contributed by atoms with E-state index in [2.05, 4.69) is 12.2 Å². The average molecular weight is 259 g/mol. The van der Waals surface area contributed by atoms with E-state index in [-0.39, 0.29) is 0 Å². The fourth-order valence-corrected chi connectivity index (χ4v) is 2.50. The maximum atomic E-state index is 9.75. The van der Waals surface area contributed by atoms with Crippen molar-refractivity contribution in [3.8, 4) is 0 Å². The highest BCUT2D eigenvalue weighted by atomic mass is 16.5. The number of hydrogen-bond acceptors (Lipinski definition) is 4. The number of nitrogens with one attached hydrogen (secondary N) is 1. The summed E-state index contributed by atoms with van der Waals surface area (Å²) in [5, 5.41) is 13.2. The summed E-state index contributed by atoms with van der Waals surface area (Å²) in [5.74, 6) is 0.922. The van der Waals surface area contributed by atoms with Crippen LogP contribution in [0.3, 0.4) is 0 Å². The highest BCUT2D eigenvalue weighted by Gasteiger charge is 2.20. The van der Waals surface area contributed by atoms with Gasteiger partial charge in [0.1, 0.15) is 0 Å². The molecule has 0 saturated heterocycles. The number of aliphatic hydroxyl groups excluding tert-OH is 1. The molecule has 0 spiro atoms. The van der Waals surface area contributed by atoms with Crippen molar-refractivity contribution in [3.63, 3.8) is 0 Å². The molecule has 0 aromatic carbocycles. The van der Waals surface area contributed by atoms with Crippen molar-refractivity contribution in [1.29, 1.82) is 0 Å². The summed E-state index contributed by atoms with van der Waals surface area (Å²) in [6, 6.07) is 0.585.